The molecule has 1 saturated heterocycles. The van der Waals surface area contributed by atoms with Crippen molar-refractivity contribution in [2.75, 3.05) is 36.4 Å². The lowest BCUT2D eigenvalue weighted by Gasteiger charge is -2.17. The molecule has 0 aliphatic carbocycles. The summed E-state index contributed by atoms with van der Waals surface area (Å²) in [4.78, 5) is 10.5. The van der Waals surface area contributed by atoms with Crippen LogP contribution in [0.3, 0.4) is 0 Å². The quantitative estimate of drug-likeness (QED) is 0.659. The monoisotopic (exact) mass is 429 g/mol. The maximum atomic E-state index is 12.8. The van der Waals surface area contributed by atoms with Gasteiger partial charge in [0.2, 0.25) is 16.0 Å². The number of nitrogens with zero attached hydrogens (tertiary/aromatic N) is 3. The van der Waals surface area contributed by atoms with Crippen molar-refractivity contribution in [2.45, 2.75) is 30.8 Å². The van der Waals surface area contributed by atoms with Crippen molar-refractivity contribution in [3.05, 3.63) is 41.6 Å². The van der Waals surface area contributed by atoms with Crippen LogP contribution in [-0.2, 0) is 16.2 Å². The highest BCUT2D eigenvalue weighted by molar-refractivity contribution is 7.89. The van der Waals surface area contributed by atoms with Crippen molar-refractivity contribution in [2.24, 2.45) is 0 Å². The summed E-state index contributed by atoms with van der Waals surface area (Å²) >= 11 is 0. The van der Waals surface area contributed by atoms with E-state index in [9.17, 15) is 21.6 Å². The Bertz CT molecular complexity index is 960. The average molecular weight is 429 g/mol. The van der Waals surface area contributed by atoms with E-state index in [2.05, 4.69) is 24.9 Å². The van der Waals surface area contributed by atoms with Crippen molar-refractivity contribution in [1.82, 2.24) is 14.7 Å². The molecule has 0 bridgehead atoms. The third-order valence-electron chi connectivity index (χ3n) is 4.44. The number of sulfonamides is 1. The highest BCUT2D eigenvalue weighted by Gasteiger charge is 2.31. The van der Waals surface area contributed by atoms with Crippen LogP contribution in [0.1, 0.15) is 24.1 Å². The van der Waals surface area contributed by atoms with E-state index in [-0.39, 0.29) is 13.1 Å². The summed E-state index contributed by atoms with van der Waals surface area (Å²) in [6.07, 6.45) is -2.38. The first-order valence-electron chi connectivity index (χ1n) is 9.16. The Hall–Kier alpha value is -2.40. The molecule has 0 amide bonds. The van der Waals surface area contributed by atoms with Gasteiger partial charge in [0, 0.05) is 37.9 Å². The van der Waals surface area contributed by atoms with Crippen LogP contribution in [0.25, 0.3) is 0 Å². The molecular weight excluding hydrogens is 407 g/mol. The number of hydrogen-bond acceptors (Lipinski definition) is 6. The number of rotatable bonds is 7. The van der Waals surface area contributed by atoms with Gasteiger partial charge in [-0.1, -0.05) is 6.07 Å². The third-order valence-corrected chi connectivity index (χ3v) is 5.90. The maximum Gasteiger partial charge on any atom is 0.416 e. The predicted octanol–water partition coefficient (Wildman–Crippen LogP) is 2.79. The maximum absolute atomic E-state index is 12.8. The zero-order valence-corrected chi connectivity index (χ0v) is 16.6. The van der Waals surface area contributed by atoms with Gasteiger partial charge in [-0.05, 0) is 38.0 Å². The third kappa shape index (κ3) is 5.57. The standard InChI is InChI=1S/C18H22F3N5O2S/c1-13-11-16(26-9-2-3-10-26)25-17(24-13)22-7-8-23-29(27,28)15-6-4-5-14(12-15)18(19,20)21/h4-6,11-12,23H,2-3,7-10H2,1H3,(H,22,24,25). The van der Waals surface area contributed by atoms with Crippen molar-refractivity contribution < 1.29 is 21.6 Å². The van der Waals surface area contributed by atoms with Crippen molar-refractivity contribution in [3.63, 3.8) is 0 Å². The Labute approximate surface area is 167 Å². The lowest BCUT2D eigenvalue weighted by Crippen LogP contribution is -2.29. The number of nitrogens with one attached hydrogen (secondary N) is 2. The van der Waals surface area contributed by atoms with Crippen LogP contribution in [0.5, 0.6) is 0 Å². The molecule has 0 radical (unpaired) electrons. The highest BCUT2D eigenvalue weighted by atomic mass is 32.2. The molecule has 1 fully saturated rings. The first-order chi connectivity index (χ1) is 13.6. The molecule has 7 nitrogen and oxygen atoms in total. The van der Waals surface area contributed by atoms with Crippen molar-refractivity contribution in [1.29, 1.82) is 0 Å². The number of benzene rings is 1. The fourth-order valence-electron chi connectivity index (χ4n) is 3.02. The summed E-state index contributed by atoms with van der Waals surface area (Å²) in [5.41, 5.74) is -0.227. The number of halogens is 3. The van der Waals surface area contributed by atoms with E-state index in [1.54, 1.807) is 0 Å². The van der Waals surface area contributed by atoms with E-state index >= 15 is 0 Å². The second-order valence-corrected chi connectivity index (χ2v) is 8.50. The van der Waals surface area contributed by atoms with Gasteiger partial charge in [-0.2, -0.15) is 18.2 Å². The lowest BCUT2D eigenvalue weighted by molar-refractivity contribution is -0.137. The Morgan fingerprint density at radius 2 is 1.83 bits per heavy atom. The fourth-order valence-corrected chi connectivity index (χ4v) is 4.10. The van der Waals surface area contributed by atoms with Gasteiger partial charge < -0.3 is 10.2 Å². The number of alkyl halides is 3. The summed E-state index contributed by atoms with van der Waals surface area (Å²) < 4.78 is 65.2. The molecule has 1 aromatic carbocycles. The average Bonchev–Trinajstić information content (AvgIpc) is 3.19. The topological polar surface area (TPSA) is 87.2 Å². The number of aryl methyl sites for hydroxylation is 1. The molecule has 29 heavy (non-hydrogen) atoms. The van der Waals surface area contributed by atoms with E-state index in [4.69, 9.17) is 0 Å². The van der Waals surface area contributed by atoms with Gasteiger partial charge in [-0.25, -0.2) is 18.1 Å². The molecular formula is C18H22F3N5O2S. The first kappa shape index (κ1) is 21.3. The van der Waals surface area contributed by atoms with E-state index in [1.165, 1.54) is 0 Å². The van der Waals surface area contributed by atoms with E-state index in [0.29, 0.717) is 12.0 Å². The minimum atomic E-state index is -4.61. The van der Waals surface area contributed by atoms with Gasteiger partial charge in [0.1, 0.15) is 5.82 Å². The molecule has 0 unspecified atom stereocenters. The van der Waals surface area contributed by atoms with Crippen LogP contribution >= 0.6 is 0 Å². The van der Waals surface area contributed by atoms with Crippen LogP contribution < -0.4 is 14.9 Å². The molecule has 0 spiro atoms. The molecule has 11 heteroatoms. The summed E-state index contributed by atoms with van der Waals surface area (Å²) in [6.45, 7) is 3.87. The predicted molar refractivity (Wildman–Crippen MR) is 103 cm³/mol. The van der Waals surface area contributed by atoms with E-state index in [0.717, 1.165) is 55.6 Å². The lowest BCUT2D eigenvalue weighted by atomic mass is 10.2. The Morgan fingerprint density at radius 3 is 2.52 bits per heavy atom. The SMILES string of the molecule is Cc1cc(N2CCCC2)nc(NCCNS(=O)(=O)c2cccc(C(F)(F)F)c2)n1. The molecule has 3 rings (SSSR count). The molecule has 0 saturated carbocycles. The number of hydrogen-bond donors (Lipinski definition) is 2. The van der Waals surface area contributed by atoms with Gasteiger partial charge in [-0.15, -0.1) is 0 Å². The van der Waals surface area contributed by atoms with Crippen LogP contribution in [0.15, 0.2) is 35.2 Å². The summed E-state index contributed by atoms with van der Waals surface area (Å²) in [5, 5.41) is 2.95. The first-order valence-corrected chi connectivity index (χ1v) is 10.6. The van der Waals surface area contributed by atoms with Gasteiger partial charge in [0.15, 0.2) is 0 Å². The zero-order valence-electron chi connectivity index (χ0n) is 15.8. The van der Waals surface area contributed by atoms with Crippen LogP contribution in [0.2, 0.25) is 0 Å². The van der Waals surface area contributed by atoms with Crippen LogP contribution in [-0.4, -0.2) is 44.6 Å². The number of anilines is 2. The van der Waals surface area contributed by atoms with E-state index < -0.39 is 26.7 Å². The minimum absolute atomic E-state index is 0.0328. The van der Waals surface area contributed by atoms with Crippen molar-refractivity contribution in [3.8, 4) is 0 Å². The van der Waals surface area contributed by atoms with Gasteiger partial charge in [-0.3, -0.25) is 0 Å². The highest BCUT2D eigenvalue weighted by Crippen LogP contribution is 2.30. The Kier molecular flexibility index (Phi) is 6.27. The normalized spacial score (nSPS) is 15.0. The summed E-state index contributed by atoms with van der Waals surface area (Å²) in [7, 11) is -4.07. The van der Waals surface area contributed by atoms with E-state index in [1.807, 2.05) is 13.0 Å². The molecule has 1 aliphatic rings. The molecule has 0 atom stereocenters. The molecule has 2 heterocycles. The zero-order chi connectivity index (χ0) is 21.1. The van der Waals surface area contributed by atoms with Gasteiger partial charge >= 0.3 is 6.18 Å². The molecule has 1 aliphatic heterocycles. The molecule has 1 aromatic heterocycles. The second kappa shape index (κ2) is 8.54. The fraction of sp³-hybridized carbons (Fsp3) is 0.444. The Balaban J connectivity index is 1.59. The summed E-state index contributed by atoms with van der Waals surface area (Å²) in [5.74, 6) is 1.20. The molecule has 158 valence electrons. The molecule has 2 aromatic rings. The second-order valence-electron chi connectivity index (χ2n) is 6.74. The van der Waals surface area contributed by atoms with Crippen molar-refractivity contribution >= 4 is 21.8 Å². The molecule has 2 N–H and O–H groups in total. The largest absolute Gasteiger partial charge is 0.416 e. The Morgan fingerprint density at radius 1 is 1.10 bits per heavy atom. The summed E-state index contributed by atoms with van der Waals surface area (Å²) in [6, 6.07) is 5.52. The van der Waals surface area contributed by atoms with Crippen LogP contribution in [0, 0.1) is 6.92 Å². The smallest absolute Gasteiger partial charge is 0.356 e. The number of aromatic nitrogens is 2. The minimum Gasteiger partial charge on any atom is -0.356 e. The van der Waals surface area contributed by atoms with Crippen LogP contribution in [0.4, 0.5) is 24.9 Å². The van der Waals surface area contributed by atoms with Gasteiger partial charge in [0.05, 0.1) is 10.5 Å². The van der Waals surface area contributed by atoms with Gasteiger partial charge in [0.25, 0.3) is 0 Å².